The maximum Gasteiger partial charge on any atom is 0.410 e. The molecule has 7 rings (SSSR count). The molecule has 264 valence electrons. The van der Waals surface area contributed by atoms with Crippen molar-refractivity contribution in [2.75, 3.05) is 19.8 Å². The number of hydrogen-bond acceptors (Lipinski definition) is 7. The van der Waals surface area contributed by atoms with Crippen molar-refractivity contribution in [2.24, 2.45) is 0 Å². The maximum atomic E-state index is 14.0. The van der Waals surface area contributed by atoms with Gasteiger partial charge in [0.05, 0.1) is 17.5 Å². The Hall–Kier alpha value is -5.87. The number of benzene rings is 5. The highest BCUT2D eigenvalue weighted by atomic mass is 32.1. The Morgan fingerprint density at radius 1 is 0.808 bits per heavy atom. The van der Waals surface area contributed by atoms with Gasteiger partial charge in [-0.15, -0.1) is 0 Å². The van der Waals surface area contributed by atoms with E-state index < -0.39 is 23.6 Å². The van der Waals surface area contributed by atoms with E-state index in [1.807, 2.05) is 122 Å². The summed E-state index contributed by atoms with van der Waals surface area (Å²) in [6.07, 6.45) is -0.610. The molecule has 2 atom stereocenters. The zero-order chi connectivity index (χ0) is 36.1. The summed E-state index contributed by atoms with van der Waals surface area (Å²) in [6.45, 7) is 2.54. The van der Waals surface area contributed by atoms with Gasteiger partial charge in [-0.25, -0.2) is 9.18 Å². The summed E-state index contributed by atoms with van der Waals surface area (Å²) in [6, 6.07) is 42.4. The molecule has 8 nitrogen and oxygen atoms in total. The number of halogens is 1. The smallest absolute Gasteiger partial charge is 0.410 e. The van der Waals surface area contributed by atoms with E-state index in [2.05, 4.69) is 0 Å². The lowest BCUT2D eigenvalue weighted by atomic mass is 9.76. The largest absolute Gasteiger partial charge is 0.494 e. The van der Waals surface area contributed by atoms with Crippen molar-refractivity contribution in [2.45, 2.75) is 31.0 Å². The second-order valence-corrected chi connectivity index (χ2v) is 13.7. The summed E-state index contributed by atoms with van der Waals surface area (Å²) in [7, 11) is 0. The fraction of sp³-hybridized carbons (Fsp3) is 0.190. The maximum absolute atomic E-state index is 14.0. The summed E-state index contributed by atoms with van der Waals surface area (Å²) in [5, 5.41) is 11.9. The second-order valence-electron chi connectivity index (χ2n) is 12.7. The van der Waals surface area contributed by atoms with Gasteiger partial charge in [-0.2, -0.15) is 0 Å². The van der Waals surface area contributed by atoms with Gasteiger partial charge in [-0.05, 0) is 53.4 Å². The van der Waals surface area contributed by atoms with Crippen molar-refractivity contribution < 1.29 is 28.5 Å². The van der Waals surface area contributed by atoms with Crippen molar-refractivity contribution in [3.8, 4) is 17.4 Å². The van der Waals surface area contributed by atoms with Crippen LogP contribution in [0.2, 0.25) is 0 Å². The standard InChI is InChI=1S/C42H37FN2O6S/c1-29(44-26-37(51-40(44)47)28-50-36-19-11-18-34(43)25-36)27-49-35-22-20-30(21-23-35)24-38-39(46)45(41(48)52-38)42(31-12-5-2-6-13-31,32-14-7-3-8-15-32)33-16-9-4-10-17-33/h2-23,25,29,37,46H,24,26-28H2,1H3. The van der Waals surface area contributed by atoms with Gasteiger partial charge in [0.15, 0.2) is 6.10 Å². The van der Waals surface area contributed by atoms with Gasteiger partial charge in [-0.3, -0.25) is 14.3 Å². The molecule has 1 fully saturated rings. The summed E-state index contributed by atoms with van der Waals surface area (Å²) < 4.78 is 32.1. The molecule has 2 heterocycles. The lowest BCUT2D eigenvalue weighted by molar-refractivity contribution is 0.100. The van der Waals surface area contributed by atoms with Gasteiger partial charge in [0.2, 0.25) is 5.88 Å². The van der Waals surface area contributed by atoms with Gasteiger partial charge in [0.25, 0.3) is 0 Å². The molecule has 0 spiro atoms. The third-order valence-corrected chi connectivity index (χ3v) is 10.1. The minimum atomic E-state index is -1.12. The molecule has 5 aromatic carbocycles. The van der Waals surface area contributed by atoms with Crippen LogP contribution >= 0.6 is 11.3 Å². The molecule has 52 heavy (non-hydrogen) atoms. The van der Waals surface area contributed by atoms with Crippen LogP contribution in [0.25, 0.3) is 0 Å². The van der Waals surface area contributed by atoms with Crippen LogP contribution in [-0.2, 0) is 16.7 Å². The van der Waals surface area contributed by atoms with E-state index in [9.17, 15) is 19.1 Å². The first-order valence-corrected chi connectivity index (χ1v) is 17.8. The molecule has 1 N–H and O–H groups in total. The van der Waals surface area contributed by atoms with Gasteiger partial charge in [0, 0.05) is 12.5 Å². The first-order valence-electron chi connectivity index (χ1n) is 17.0. The van der Waals surface area contributed by atoms with Crippen LogP contribution in [0.15, 0.2) is 144 Å². The predicted molar refractivity (Wildman–Crippen MR) is 198 cm³/mol. The van der Waals surface area contributed by atoms with Crippen molar-refractivity contribution in [1.29, 1.82) is 0 Å². The van der Waals surface area contributed by atoms with E-state index in [1.165, 1.54) is 16.7 Å². The highest BCUT2D eigenvalue weighted by Gasteiger charge is 2.42. The lowest BCUT2D eigenvalue weighted by Gasteiger charge is -2.37. The Kier molecular flexibility index (Phi) is 10.1. The number of cyclic esters (lactones) is 1. The zero-order valence-electron chi connectivity index (χ0n) is 28.4. The van der Waals surface area contributed by atoms with Crippen LogP contribution < -0.4 is 14.3 Å². The average Bonchev–Trinajstić information content (AvgIpc) is 3.69. The van der Waals surface area contributed by atoms with Crippen LogP contribution in [0, 0.1) is 5.82 Å². The number of thiazole rings is 1. The van der Waals surface area contributed by atoms with Crippen molar-refractivity contribution in [3.63, 3.8) is 0 Å². The molecule has 6 aromatic rings. The van der Waals surface area contributed by atoms with Crippen LogP contribution in [0.3, 0.4) is 0 Å². The fourth-order valence-corrected chi connectivity index (χ4v) is 7.62. The molecule has 1 aliphatic rings. The molecular weight excluding hydrogens is 680 g/mol. The topological polar surface area (TPSA) is 90.2 Å². The molecule has 1 amide bonds. The van der Waals surface area contributed by atoms with Crippen LogP contribution in [-0.4, -0.2) is 52.6 Å². The van der Waals surface area contributed by atoms with Crippen molar-refractivity contribution in [1.82, 2.24) is 9.47 Å². The Bertz CT molecular complexity index is 2080. The Morgan fingerprint density at radius 2 is 1.40 bits per heavy atom. The first-order chi connectivity index (χ1) is 25.3. The SMILES string of the molecule is CC(COc1ccc(Cc2sc(=O)n(C(c3ccccc3)(c3ccccc3)c3ccccc3)c2O)cc1)N1CC(COc2cccc(F)c2)OC1=O. The van der Waals surface area contributed by atoms with Crippen molar-refractivity contribution in [3.05, 3.63) is 182 Å². The van der Waals surface area contributed by atoms with Crippen LogP contribution in [0.4, 0.5) is 9.18 Å². The van der Waals surface area contributed by atoms with Gasteiger partial charge in [-0.1, -0.05) is 121 Å². The van der Waals surface area contributed by atoms with E-state index in [1.54, 1.807) is 17.0 Å². The number of carbonyl (C=O) groups excluding carboxylic acids is 1. The zero-order valence-corrected chi connectivity index (χ0v) is 29.2. The van der Waals surface area contributed by atoms with E-state index in [0.29, 0.717) is 29.3 Å². The van der Waals surface area contributed by atoms with Gasteiger partial charge < -0.3 is 19.3 Å². The molecule has 0 radical (unpaired) electrons. The van der Waals surface area contributed by atoms with Gasteiger partial charge in [0.1, 0.15) is 36.1 Å². The average molecular weight is 717 g/mol. The number of aromatic hydroxyl groups is 1. The molecule has 1 aliphatic heterocycles. The third-order valence-electron chi connectivity index (χ3n) is 9.21. The fourth-order valence-electron chi connectivity index (χ4n) is 6.67. The van der Waals surface area contributed by atoms with Crippen LogP contribution in [0.1, 0.15) is 34.1 Å². The summed E-state index contributed by atoms with van der Waals surface area (Å²) in [5.41, 5.74) is 2.31. The normalized spacial score (nSPS) is 14.9. The van der Waals surface area contributed by atoms with Gasteiger partial charge >= 0.3 is 11.0 Å². The number of hydrogen-bond donors (Lipinski definition) is 1. The molecular formula is C42H37FN2O6S. The Morgan fingerprint density at radius 3 is 1.98 bits per heavy atom. The summed E-state index contributed by atoms with van der Waals surface area (Å²) in [5.74, 6) is 0.498. The molecule has 1 aromatic heterocycles. The molecule has 10 heteroatoms. The quantitative estimate of drug-likeness (QED) is 0.123. The number of aromatic nitrogens is 1. The molecule has 0 aliphatic carbocycles. The lowest BCUT2D eigenvalue weighted by Crippen LogP contribution is -2.42. The van der Waals surface area contributed by atoms with Crippen molar-refractivity contribution >= 4 is 17.4 Å². The number of rotatable bonds is 13. The number of carbonyl (C=O) groups is 1. The minimum Gasteiger partial charge on any atom is -0.494 e. The third kappa shape index (κ3) is 7.02. The predicted octanol–water partition coefficient (Wildman–Crippen LogP) is 7.85. The first kappa shape index (κ1) is 34.6. The summed E-state index contributed by atoms with van der Waals surface area (Å²) >= 11 is 1.03. The number of ether oxygens (including phenoxy) is 3. The van der Waals surface area contributed by atoms with Crippen LogP contribution in [0.5, 0.6) is 17.4 Å². The second kappa shape index (κ2) is 15.2. The monoisotopic (exact) mass is 716 g/mol. The van der Waals surface area contributed by atoms with E-state index in [0.717, 1.165) is 33.6 Å². The number of amides is 1. The Labute approximate surface area is 304 Å². The Balaban J connectivity index is 1.06. The molecule has 0 saturated carbocycles. The minimum absolute atomic E-state index is 0.0853. The molecule has 1 saturated heterocycles. The highest BCUT2D eigenvalue weighted by Crippen LogP contribution is 2.43. The molecule has 0 bridgehead atoms. The van der Waals surface area contributed by atoms with E-state index >= 15 is 0 Å². The van der Waals surface area contributed by atoms with E-state index in [-0.39, 0.29) is 30.0 Å². The highest BCUT2D eigenvalue weighted by molar-refractivity contribution is 7.09. The molecule has 2 unspecified atom stereocenters. The van der Waals surface area contributed by atoms with E-state index in [4.69, 9.17) is 14.2 Å². The summed E-state index contributed by atoms with van der Waals surface area (Å²) in [4.78, 5) is 28.5. The number of nitrogens with zero attached hydrogens (tertiary/aromatic N) is 2.